The van der Waals surface area contributed by atoms with Gasteiger partial charge in [0.1, 0.15) is 0 Å². The summed E-state index contributed by atoms with van der Waals surface area (Å²) in [6.07, 6.45) is 4.05. The van der Waals surface area contributed by atoms with E-state index in [1.165, 1.54) is 12.1 Å². The third kappa shape index (κ3) is 6.26. The van der Waals surface area contributed by atoms with Gasteiger partial charge in [0.2, 0.25) is 15.9 Å². The molecule has 3 rings (SSSR count). The first-order valence-electron chi connectivity index (χ1n) is 9.79. The van der Waals surface area contributed by atoms with Gasteiger partial charge in [-0.15, -0.1) is 0 Å². The fourth-order valence-electron chi connectivity index (χ4n) is 3.30. The summed E-state index contributed by atoms with van der Waals surface area (Å²) in [6, 6.07) is 13.2. The van der Waals surface area contributed by atoms with E-state index in [1.54, 1.807) is 36.4 Å². The summed E-state index contributed by atoms with van der Waals surface area (Å²) in [7, 11) is -3.61. The van der Waals surface area contributed by atoms with Crippen molar-refractivity contribution in [3.05, 3.63) is 57.7 Å². The Morgan fingerprint density at radius 3 is 2.20 bits per heavy atom. The second kappa shape index (κ2) is 10.4. The monoisotopic (exact) mass is 541 g/mol. The number of carbonyl (C=O) groups is 2. The molecule has 0 saturated heterocycles. The van der Waals surface area contributed by atoms with Gasteiger partial charge >= 0.3 is 0 Å². The highest BCUT2D eigenvalue weighted by Crippen LogP contribution is 2.26. The zero-order valence-electron chi connectivity index (χ0n) is 16.4. The van der Waals surface area contributed by atoms with Crippen LogP contribution in [-0.4, -0.2) is 33.3 Å². The highest BCUT2D eigenvalue weighted by molar-refractivity contribution is 14.1. The van der Waals surface area contributed by atoms with Crippen molar-refractivity contribution in [1.29, 1.82) is 0 Å². The average molecular weight is 541 g/mol. The van der Waals surface area contributed by atoms with Gasteiger partial charge in [-0.3, -0.25) is 9.59 Å². The van der Waals surface area contributed by atoms with Gasteiger partial charge in [0.05, 0.1) is 4.90 Å². The van der Waals surface area contributed by atoms with E-state index in [2.05, 4.69) is 37.9 Å². The largest absolute Gasteiger partial charge is 0.351 e. The van der Waals surface area contributed by atoms with E-state index in [0.29, 0.717) is 11.3 Å². The van der Waals surface area contributed by atoms with Crippen molar-refractivity contribution in [2.45, 2.75) is 30.6 Å². The van der Waals surface area contributed by atoms with Crippen molar-refractivity contribution < 1.29 is 18.0 Å². The molecule has 160 valence electrons. The number of sulfonamides is 1. The van der Waals surface area contributed by atoms with Crippen LogP contribution in [0.25, 0.3) is 0 Å². The quantitative estimate of drug-likeness (QED) is 0.353. The van der Waals surface area contributed by atoms with Crippen LogP contribution in [0.2, 0.25) is 0 Å². The molecule has 7 nitrogen and oxygen atoms in total. The normalized spacial score (nSPS) is 14.4. The molecule has 1 aliphatic carbocycles. The minimum absolute atomic E-state index is 0.0325. The smallest absolute Gasteiger partial charge is 0.251 e. The molecule has 0 atom stereocenters. The Bertz CT molecular complexity index is 986. The van der Waals surface area contributed by atoms with Gasteiger partial charge in [0.25, 0.3) is 5.91 Å². The van der Waals surface area contributed by atoms with E-state index in [-0.39, 0.29) is 35.7 Å². The summed E-state index contributed by atoms with van der Waals surface area (Å²) < 4.78 is 27.9. The van der Waals surface area contributed by atoms with Crippen molar-refractivity contribution in [3.63, 3.8) is 0 Å². The molecule has 2 aromatic carbocycles. The fourth-order valence-corrected chi connectivity index (χ4v) is 4.69. The van der Waals surface area contributed by atoms with E-state index in [4.69, 9.17) is 0 Å². The van der Waals surface area contributed by atoms with Crippen LogP contribution in [0, 0.1) is 9.49 Å². The summed E-state index contributed by atoms with van der Waals surface area (Å²) in [4.78, 5) is 24.6. The van der Waals surface area contributed by atoms with Gasteiger partial charge in [-0.05, 0) is 84.0 Å². The molecule has 2 amide bonds. The lowest BCUT2D eigenvalue weighted by atomic mass is 10.1. The Morgan fingerprint density at radius 2 is 1.57 bits per heavy atom. The second-order valence-electron chi connectivity index (χ2n) is 7.16. The van der Waals surface area contributed by atoms with Crippen LogP contribution in [0.3, 0.4) is 0 Å². The number of amides is 2. The number of carbonyl (C=O) groups excluding carboxylic acids is 2. The lowest BCUT2D eigenvalue weighted by Gasteiger charge is -2.11. The van der Waals surface area contributed by atoms with Crippen molar-refractivity contribution in [3.8, 4) is 0 Å². The molecule has 0 heterocycles. The molecule has 0 spiro atoms. The van der Waals surface area contributed by atoms with Gasteiger partial charge in [-0.25, -0.2) is 13.1 Å². The first kappa shape index (κ1) is 22.7. The van der Waals surface area contributed by atoms with Crippen molar-refractivity contribution in [2.75, 3.05) is 18.4 Å². The minimum atomic E-state index is -3.61. The molecule has 1 aliphatic rings. The number of nitrogens with one attached hydrogen (secondary N) is 3. The highest BCUT2D eigenvalue weighted by atomic mass is 127. The predicted octanol–water partition coefficient (Wildman–Crippen LogP) is 3.13. The first-order chi connectivity index (χ1) is 14.3. The van der Waals surface area contributed by atoms with Crippen molar-refractivity contribution in [2.24, 2.45) is 5.92 Å². The zero-order chi connectivity index (χ0) is 21.6. The van der Waals surface area contributed by atoms with Gasteiger partial charge < -0.3 is 10.6 Å². The fraction of sp³-hybridized carbons (Fsp3) is 0.333. The Kier molecular flexibility index (Phi) is 7.84. The van der Waals surface area contributed by atoms with Crippen LogP contribution in [0.4, 0.5) is 5.69 Å². The van der Waals surface area contributed by atoms with Gasteiger partial charge in [0.15, 0.2) is 0 Å². The summed E-state index contributed by atoms with van der Waals surface area (Å²) in [5.74, 6) is -0.196. The van der Waals surface area contributed by atoms with Crippen LogP contribution in [-0.2, 0) is 14.8 Å². The Labute approximate surface area is 190 Å². The van der Waals surface area contributed by atoms with E-state index >= 15 is 0 Å². The number of hydrogen-bond donors (Lipinski definition) is 3. The number of benzene rings is 2. The Morgan fingerprint density at radius 1 is 0.933 bits per heavy atom. The molecule has 1 fully saturated rings. The summed E-state index contributed by atoms with van der Waals surface area (Å²) in [5, 5.41) is 5.57. The second-order valence-corrected chi connectivity index (χ2v) is 10.2. The van der Waals surface area contributed by atoms with Crippen LogP contribution in [0.5, 0.6) is 0 Å². The zero-order valence-corrected chi connectivity index (χ0v) is 19.3. The van der Waals surface area contributed by atoms with Gasteiger partial charge in [-0.2, -0.15) is 0 Å². The summed E-state index contributed by atoms with van der Waals surface area (Å²) in [5.41, 5.74) is 1.10. The van der Waals surface area contributed by atoms with E-state index in [9.17, 15) is 18.0 Å². The van der Waals surface area contributed by atoms with Crippen LogP contribution < -0.4 is 15.4 Å². The molecule has 0 aromatic heterocycles. The molecule has 0 radical (unpaired) electrons. The third-order valence-corrected chi connectivity index (χ3v) is 7.16. The highest BCUT2D eigenvalue weighted by Gasteiger charge is 2.22. The molecule has 1 saturated carbocycles. The maximum absolute atomic E-state index is 12.2. The molecule has 2 aromatic rings. The van der Waals surface area contributed by atoms with Crippen LogP contribution >= 0.6 is 22.6 Å². The van der Waals surface area contributed by atoms with E-state index < -0.39 is 10.0 Å². The SMILES string of the molecule is O=C(NCCNS(=O)(=O)c1ccc(I)cc1)c1ccc(NC(=O)C2CCCC2)cc1. The number of anilines is 1. The molecular formula is C21H24IN3O4S. The average Bonchev–Trinajstić information content (AvgIpc) is 3.27. The minimum Gasteiger partial charge on any atom is -0.351 e. The van der Waals surface area contributed by atoms with Gasteiger partial charge in [0, 0.05) is 33.8 Å². The lowest BCUT2D eigenvalue weighted by molar-refractivity contribution is -0.119. The number of rotatable bonds is 8. The van der Waals surface area contributed by atoms with Crippen molar-refractivity contribution in [1.82, 2.24) is 10.0 Å². The maximum atomic E-state index is 12.2. The first-order valence-corrected chi connectivity index (χ1v) is 12.4. The lowest BCUT2D eigenvalue weighted by Crippen LogP contribution is -2.34. The Balaban J connectivity index is 1.44. The molecule has 0 bridgehead atoms. The molecule has 30 heavy (non-hydrogen) atoms. The topological polar surface area (TPSA) is 104 Å². The number of hydrogen-bond acceptors (Lipinski definition) is 4. The molecule has 3 N–H and O–H groups in total. The van der Waals surface area contributed by atoms with Gasteiger partial charge in [-0.1, -0.05) is 12.8 Å². The summed E-state index contributed by atoms with van der Waals surface area (Å²) >= 11 is 2.10. The van der Waals surface area contributed by atoms with Crippen LogP contribution in [0.1, 0.15) is 36.0 Å². The van der Waals surface area contributed by atoms with E-state index in [0.717, 1.165) is 29.3 Å². The molecule has 9 heteroatoms. The number of halogens is 1. The molecule has 0 aliphatic heterocycles. The predicted molar refractivity (Wildman–Crippen MR) is 124 cm³/mol. The molecule has 0 unspecified atom stereocenters. The standard InChI is InChI=1S/C21H24IN3O4S/c22-17-7-11-19(12-8-17)30(28,29)24-14-13-23-20(26)16-5-9-18(10-6-16)25-21(27)15-3-1-2-4-15/h5-12,15,24H,1-4,13-14H2,(H,23,26)(H,25,27). The van der Waals surface area contributed by atoms with E-state index in [1.807, 2.05) is 0 Å². The molecular weight excluding hydrogens is 517 g/mol. The van der Waals surface area contributed by atoms with Crippen LogP contribution in [0.15, 0.2) is 53.4 Å². The third-order valence-electron chi connectivity index (χ3n) is 4.97. The Hall–Kier alpha value is -1.98. The van der Waals surface area contributed by atoms with Crippen molar-refractivity contribution >= 4 is 50.1 Å². The maximum Gasteiger partial charge on any atom is 0.251 e. The summed E-state index contributed by atoms with van der Waals surface area (Å²) in [6.45, 7) is 0.234.